The zero-order valence-electron chi connectivity index (χ0n) is 13.8. The lowest BCUT2D eigenvalue weighted by Crippen LogP contribution is -2.40. The number of aliphatic imine (C=N–C) groups is 1. The highest BCUT2D eigenvalue weighted by atomic mass is 127. The quantitative estimate of drug-likeness (QED) is 0.267. The first kappa shape index (κ1) is 21.2. The zero-order valence-corrected chi connectivity index (χ0v) is 16.9. The monoisotopic (exact) mass is 466 g/mol. The van der Waals surface area contributed by atoms with E-state index in [0.717, 1.165) is 18.4 Å². The smallest absolute Gasteiger partial charge is 0.238 e. The molecule has 0 atom stereocenters. The lowest BCUT2D eigenvalue weighted by atomic mass is 10.1. The first-order valence-electron chi connectivity index (χ1n) is 8.13. The van der Waals surface area contributed by atoms with E-state index in [1.165, 1.54) is 37.8 Å². The van der Waals surface area contributed by atoms with Crippen LogP contribution in [0.25, 0.3) is 0 Å². The molecule has 0 spiro atoms. The Hall–Kier alpha value is -0.870. The molecule has 6 nitrogen and oxygen atoms in total. The first-order valence-corrected chi connectivity index (χ1v) is 9.68. The van der Waals surface area contributed by atoms with E-state index in [2.05, 4.69) is 10.3 Å². The van der Waals surface area contributed by atoms with Gasteiger partial charge in [-0.25, -0.2) is 13.6 Å². The van der Waals surface area contributed by atoms with E-state index >= 15 is 0 Å². The molecule has 0 heterocycles. The maximum absolute atomic E-state index is 11.2. The van der Waals surface area contributed by atoms with Gasteiger partial charge in [-0.2, -0.15) is 0 Å². The SMILES string of the molecule is I.NC(=NCCc1ccc(S(N)(=O)=O)cc1)NC1CCCCCC1. The zero-order chi connectivity index (χ0) is 16.7. The van der Waals surface area contributed by atoms with Crippen LogP contribution in [0.4, 0.5) is 0 Å². The summed E-state index contributed by atoms with van der Waals surface area (Å²) in [6.07, 6.45) is 8.14. The molecule has 1 aliphatic rings. The van der Waals surface area contributed by atoms with Crippen LogP contribution in [-0.4, -0.2) is 27.0 Å². The van der Waals surface area contributed by atoms with Crippen molar-refractivity contribution in [3.63, 3.8) is 0 Å². The molecule has 0 aliphatic heterocycles. The van der Waals surface area contributed by atoms with Crippen molar-refractivity contribution in [2.75, 3.05) is 6.54 Å². The fourth-order valence-electron chi connectivity index (χ4n) is 2.83. The summed E-state index contributed by atoms with van der Waals surface area (Å²) in [5.74, 6) is 0.498. The second-order valence-electron chi connectivity index (χ2n) is 6.04. The summed E-state index contributed by atoms with van der Waals surface area (Å²) in [4.78, 5) is 4.48. The van der Waals surface area contributed by atoms with Gasteiger partial charge >= 0.3 is 0 Å². The van der Waals surface area contributed by atoms with Gasteiger partial charge in [-0.1, -0.05) is 37.8 Å². The Morgan fingerprint density at radius 3 is 2.25 bits per heavy atom. The Morgan fingerprint density at radius 2 is 1.71 bits per heavy atom. The second kappa shape index (κ2) is 10.2. The number of nitrogens with two attached hydrogens (primary N) is 2. The highest BCUT2D eigenvalue weighted by molar-refractivity contribution is 14.0. The minimum absolute atomic E-state index is 0. The van der Waals surface area contributed by atoms with Crippen molar-refractivity contribution < 1.29 is 8.42 Å². The van der Waals surface area contributed by atoms with E-state index < -0.39 is 10.0 Å². The molecule has 8 heteroatoms. The topological polar surface area (TPSA) is 111 Å². The number of guanidine groups is 1. The number of hydrogen-bond donors (Lipinski definition) is 3. The Labute approximate surface area is 161 Å². The summed E-state index contributed by atoms with van der Waals surface area (Å²) in [6.45, 7) is 0.570. The number of halogens is 1. The third-order valence-electron chi connectivity index (χ3n) is 4.14. The molecule has 136 valence electrons. The second-order valence-corrected chi connectivity index (χ2v) is 7.60. The van der Waals surface area contributed by atoms with Gasteiger partial charge in [-0.05, 0) is 37.0 Å². The van der Waals surface area contributed by atoms with Crippen LogP contribution in [0.2, 0.25) is 0 Å². The van der Waals surface area contributed by atoms with E-state index in [1.54, 1.807) is 12.1 Å². The van der Waals surface area contributed by atoms with Crippen LogP contribution in [-0.2, 0) is 16.4 Å². The number of sulfonamides is 1. The molecule has 0 radical (unpaired) electrons. The summed E-state index contributed by atoms with van der Waals surface area (Å²) in [5, 5.41) is 8.38. The summed E-state index contributed by atoms with van der Waals surface area (Å²) >= 11 is 0. The maximum Gasteiger partial charge on any atom is 0.238 e. The molecule has 2 rings (SSSR count). The minimum atomic E-state index is -3.63. The molecule has 1 saturated carbocycles. The molecule has 1 aromatic carbocycles. The van der Waals surface area contributed by atoms with E-state index in [9.17, 15) is 8.42 Å². The Balaban J connectivity index is 0.00000288. The molecular formula is C16H27IN4O2S. The summed E-state index contributed by atoms with van der Waals surface area (Å²) in [5.41, 5.74) is 6.95. The first-order chi connectivity index (χ1) is 10.9. The van der Waals surface area contributed by atoms with Crippen LogP contribution < -0.4 is 16.2 Å². The van der Waals surface area contributed by atoms with Crippen molar-refractivity contribution in [1.29, 1.82) is 0 Å². The van der Waals surface area contributed by atoms with E-state index in [0.29, 0.717) is 25.0 Å². The van der Waals surface area contributed by atoms with Crippen molar-refractivity contribution in [1.82, 2.24) is 5.32 Å². The van der Waals surface area contributed by atoms with Gasteiger partial charge in [0.25, 0.3) is 0 Å². The van der Waals surface area contributed by atoms with E-state index in [1.807, 2.05) is 0 Å². The number of primary sulfonamides is 1. The Bertz CT molecular complexity index is 624. The molecule has 24 heavy (non-hydrogen) atoms. The van der Waals surface area contributed by atoms with Gasteiger partial charge in [0.2, 0.25) is 10.0 Å². The Morgan fingerprint density at radius 1 is 1.12 bits per heavy atom. The van der Waals surface area contributed by atoms with Gasteiger partial charge in [-0.3, -0.25) is 4.99 Å². The Kier molecular flexibility index (Phi) is 8.99. The van der Waals surface area contributed by atoms with Crippen molar-refractivity contribution >= 4 is 40.0 Å². The van der Waals surface area contributed by atoms with Crippen molar-refractivity contribution in [2.24, 2.45) is 15.9 Å². The summed E-state index contributed by atoms with van der Waals surface area (Å²) in [6, 6.07) is 6.98. The molecule has 0 bridgehead atoms. The largest absolute Gasteiger partial charge is 0.370 e. The van der Waals surface area contributed by atoms with Gasteiger partial charge in [0.05, 0.1) is 4.90 Å². The number of nitrogens with zero attached hydrogens (tertiary/aromatic N) is 1. The van der Waals surface area contributed by atoms with Crippen molar-refractivity contribution in [3.05, 3.63) is 29.8 Å². The van der Waals surface area contributed by atoms with Gasteiger partial charge < -0.3 is 11.1 Å². The molecule has 5 N–H and O–H groups in total. The molecule has 0 unspecified atom stereocenters. The number of nitrogens with one attached hydrogen (secondary N) is 1. The predicted molar refractivity (Wildman–Crippen MR) is 108 cm³/mol. The average Bonchev–Trinajstić information content (AvgIpc) is 2.75. The fraction of sp³-hybridized carbons (Fsp3) is 0.562. The molecule has 0 aromatic heterocycles. The molecular weight excluding hydrogens is 439 g/mol. The standard InChI is InChI=1S/C16H26N4O2S.HI/c17-16(20-14-5-3-1-2-4-6-14)19-12-11-13-7-9-15(10-8-13)23(18,21)22;/h7-10,14H,1-6,11-12H2,(H3,17,19,20)(H2,18,21,22);1H. The molecule has 1 aliphatic carbocycles. The third kappa shape index (κ3) is 7.35. The molecule has 1 fully saturated rings. The lowest BCUT2D eigenvalue weighted by molar-refractivity contribution is 0.530. The van der Waals surface area contributed by atoms with Crippen LogP contribution in [0.1, 0.15) is 44.1 Å². The van der Waals surface area contributed by atoms with Gasteiger partial charge in [0.15, 0.2) is 5.96 Å². The van der Waals surface area contributed by atoms with E-state index in [4.69, 9.17) is 10.9 Å². The maximum atomic E-state index is 11.2. The highest BCUT2D eigenvalue weighted by Gasteiger charge is 2.12. The van der Waals surface area contributed by atoms with Gasteiger partial charge in [-0.15, -0.1) is 24.0 Å². The van der Waals surface area contributed by atoms with Crippen LogP contribution in [0, 0.1) is 0 Å². The van der Waals surface area contributed by atoms with Gasteiger partial charge in [0, 0.05) is 12.6 Å². The van der Waals surface area contributed by atoms with Crippen molar-refractivity contribution in [3.8, 4) is 0 Å². The summed E-state index contributed by atoms with van der Waals surface area (Å²) < 4.78 is 22.4. The lowest BCUT2D eigenvalue weighted by Gasteiger charge is -2.16. The highest BCUT2D eigenvalue weighted by Crippen LogP contribution is 2.17. The van der Waals surface area contributed by atoms with Crippen LogP contribution in [0.15, 0.2) is 34.2 Å². The van der Waals surface area contributed by atoms with Crippen LogP contribution in [0.3, 0.4) is 0 Å². The number of hydrogen-bond acceptors (Lipinski definition) is 3. The average molecular weight is 466 g/mol. The third-order valence-corrected chi connectivity index (χ3v) is 5.07. The summed E-state index contributed by atoms with van der Waals surface area (Å²) in [7, 11) is -3.63. The molecule has 0 saturated heterocycles. The molecule has 1 aromatic rings. The van der Waals surface area contributed by atoms with Gasteiger partial charge in [0.1, 0.15) is 0 Å². The minimum Gasteiger partial charge on any atom is -0.370 e. The van der Waals surface area contributed by atoms with Crippen molar-refractivity contribution in [2.45, 2.75) is 55.9 Å². The number of rotatable bonds is 5. The predicted octanol–water partition coefficient (Wildman–Crippen LogP) is 2.12. The fourth-order valence-corrected chi connectivity index (χ4v) is 3.35. The van der Waals surface area contributed by atoms with Crippen LogP contribution in [0.5, 0.6) is 0 Å². The molecule has 0 amide bonds. The van der Waals surface area contributed by atoms with Crippen LogP contribution >= 0.6 is 24.0 Å². The van der Waals surface area contributed by atoms with E-state index in [-0.39, 0.29) is 28.9 Å². The normalized spacial score (nSPS) is 17.0. The number of benzene rings is 1.